The van der Waals surface area contributed by atoms with Crippen LogP contribution in [-0.4, -0.2) is 20.2 Å². The molecule has 0 unspecified atom stereocenters. The lowest BCUT2D eigenvalue weighted by molar-refractivity contribution is 0.628. The smallest absolute Gasteiger partial charge is 0.181 e. The maximum absolute atomic E-state index is 12.8. The van der Waals surface area contributed by atoms with Crippen LogP contribution >= 0.6 is 0 Å². The molecule has 0 bridgehead atoms. The molecule has 0 spiro atoms. The zero-order valence-corrected chi connectivity index (χ0v) is 9.34. The number of benzene rings is 1. The van der Waals surface area contributed by atoms with Crippen LogP contribution in [0.15, 0.2) is 48.7 Å². The minimum absolute atomic E-state index is 0.278. The van der Waals surface area contributed by atoms with E-state index in [9.17, 15) is 4.39 Å². The zero-order chi connectivity index (χ0) is 12.4. The first-order valence-electron chi connectivity index (χ1n) is 5.43. The SMILES string of the molecule is Fc1ccc(-c2n[nH]c(-c3ccccn3)n2)cc1. The van der Waals surface area contributed by atoms with Crippen molar-refractivity contribution in [1.29, 1.82) is 0 Å². The van der Waals surface area contributed by atoms with Crippen molar-refractivity contribution in [3.05, 3.63) is 54.5 Å². The second-order valence-electron chi connectivity index (χ2n) is 3.73. The molecule has 3 rings (SSSR count). The van der Waals surface area contributed by atoms with Gasteiger partial charge in [0.2, 0.25) is 0 Å². The topological polar surface area (TPSA) is 54.5 Å². The Bertz CT molecular complexity index is 646. The predicted octanol–water partition coefficient (Wildman–Crippen LogP) is 2.67. The van der Waals surface area contributed by atoms with Crippen molar-refractivity contribution >= 4 is 0 Å². The van der Waals surface area contributed by atoms with E-state index in [-0.39, 0.29) is 5.82 Å². The second-order valence-corrected chi connectivity index (χ2v) is 3.73. The Labute approximate surface area is 103 Å². The molecule has 0 amide bonds. The molecule has 0 aliphatic heterocycles. The summed E-state index contributed by atoms with van der Waals surface area (Å²) in [5, 5.41) is 6.91. The van der Waals surface area contributed by atoms with Gasteiger partial charge in [0.1, 0.15) is 11.5 Å². The van der Waals surface area contributed by atoms with Gasteiger partial charge >= 0.3 is 0 Å². The Morgan fingerprint density at radius 2 is 1.83 bits per heavy atom. The fourth-order valence-electron chi connectivity index (χ4n) is 1.61. The van der Waals surface area contributed by atoms with Crippen LogP contribution in [0.3, 0.4) is 0 Å². The number of rotatable bonds is 2. The molecule has 2 heterocycles. The van der Waals surface area contributed by atoms with E-state index < -0.39 is 0 Å². The molecule has 0 atom stereocenters. The fraction of sp³-hybridized carbons (Fsp3) is 0. The molecule has 1 N–H and O–H groups in total. The lowest BCUT2D eigenvalue weighted by Gasteiger charge is -1.94. The summed E-state index contributed by atoms with van der Waals surface area (Å²) in [6, 6.07) is 11.6. The van der Waals surface area contributed by atoms with Crippen molar-refractivity contribution in [3.8, 4) is 22.9 Å². The van der Waals surface area contributed by atoms with Crippen molar-refractivity contribution < 1.29 is 4.39 Å². The summed E-state index contributed by atoms with van der Waals surface area (Å²) < 4.78 is 12.8. The molecular weight excluding hydrogens is 231 g/mol. The maximum atomic E-state index is 12.8. The van der Waals surface area contributed by atoms with E-state index >= 15 is 0 Å². The van der Waals surface area contributed by atoms with Crippen molar-refractivity contribution in [2.45, 2.75) is 0 Å². The lowest BCUT2D eigenvalue weighted by Crippen LogP contribution is -1.84. The molecule has 4 nitrogen and oxygen atoms in total. The van der Waals surface area contributed by atoms with E-state index in [0.29, 0.717) is 11.6 Å². The molecule has 18 heavy (non-hydrogen) atoms. The summed E-state index contributed by atoms with van der Waals surface area (Å²) >= 11 is 0. The summed E-state index contributed by atoms with van der Waals surface area (Å²) in [4.78, 5) is 8.51. The highest BCUT2D eigenvalue weighted by Gasteiger charge is 2.08. The second kappa shape index (κ2) is 4.37. The third-order valence-electron chi connectivity index (χ3n) is 2.50. The quantitative estimate of drug-likeness (QED) is 0.749. The van der Waals surface area contributed by atoms with Crippen LogP contribution in [0.2, 0.25) is 0 Å². The van der Waals surface area contributed by atoms with Gasteiger partial charge in [0.15, 0.2) is 11.6 Å². The third-order valence-corrected chi connectivity index (χ3v) is 2.50. The number of aromatic nitrogens is 4. The summed E-state index contributed by atoms with van der Waals surface area (Å²) in [6.45, 7) is 0. The minimum Gasteiger partial charge on any atom is -0.257 e. The monoisotopic (exact) mass is 240 g/mol. The molecule has 3 aromatic rings. The Balaban J connectivity index is 1.97. The number of nitrogens with one attached hydrogen (secondary N) is 1. The van der Waals surface area contributed by atoms with E-state index in [1.165, 1.54) is 12.1 Å². The van der Waals surface area contributed by atoms with Gasteiger partial charge in [-0.1, -0.05) is 6.07 Å². The van der Waals surface area contributed by atoms with E-state index in [1.807, 2.05) is 18.2 Å². The highest BCUT2D eigenvalue weighted by Crippen LogP contribution is 2.18. The summed E-state index contributed by atoms with van der Waals surface area (Å²) in [5.41, 5.74) is 1.48. The summed E-state index contributed by atoms with van der Waals surface area (Å²) in [6.07, 6.45) is 1.69. The standard InChI is InChI=1S/C13H9FN4/c14-10-6-4-9(5-7-10)12-16-13(18-17-12)11-3-1-2-8-15-11/h1-8H,(H,16,17,18). The van der Waals surface area contributed by atoms with Crippen molar-refractivity contribution in [2.24, 2.45) is 0 Å². The van der Waals surface area contributed by atoms with Crippen molar-refractivity contribution in [2.75, 3.05) is 0 Å². The highest BCUT2D eigenvalue weighted by atomic mass is 19.1. The lowest BCUT2D eigenvalue weighted by atomic mass is 10.2. The van der Waals surface area contributed by atoms with Gasteiger partial charge in [0.25, 0.3) is 0 Å². The van der Waals surface area contributed by atoms with Gasteiger partial charge in [0, 0.05) is 11.8 Å². The normalized spacial score (nSPS) is 10.5. The number of pyridine rings is 1. The van der Waals surface area contributed by atoms with Gasteiger partial charge in [0.05, 0.1) is 0 Å². The first-order valence-corrected chi connectivity index (χ1v) is 5.43. The summed E-state index contributed by atoms with van der Waals surface area (Å²) in [7, 11) is 0. The zero-order valence-electron chi connectivity index (χ0n) is 9.34. The van der Waals surface area contributed by atoms with Crippen LogP contribution in [-0.2, 0) is 0 Å². The minimum atomic E-state index is -0.278. The average molecular weight is 240 g/mol. The Morgan fingerprint density at radius 3 is 2.56 bits per heavy atom. The van der Waals surface area contributed by atoms with Crippen LogP contribution in [0, 0.1) is 5.82 Å². The molecule has 0 radical (unpaired) electrons. The van der Waals surface area contributed by atoms with Crippen LogP contribution in [0.4, 0.5) is 4.39 Å². The van der Waals surface area contributed by atoms with Crippen LogP contribution in [0.5, 0.6) is 0 Å². The van der Waals surface area contributed by atoms with Crippen LogP contribution in [0.25, 0.3) is 22.9 Å². The molecule has 0 saturated carbocycles. The van der Waals surface area contributed by atoms with Gasteiger partial charge in [-0.05, 0) is 36.4 Å². The number of hydrogen-bond donors (Lipinski definition) is 1. The van der Waals surface area contributed by atoms with E-state index in [0.717, 1.165) is 11.3 Å². The predicted molar refractivity (Wildman–Crippen MR) is 65.0 cm³/mol. The largest absolute Gasteiger partial charge is 0.257 e. The number of nitrogens with zero attached hydrogens (tertiary/aromatic N) is 3. The molecular formula is C13H9FN4. The Morgan fingerprint density at radius 1 is 1.00 bits per heavy atom. The maximum Gasteiger partial charge on any atom is 0.181 e. The molecule has 2 aromatic heterocycles. The van der Waals surface area contributed by atoms with E-state index in [4.69, 9.17) is 0 Å². The first kappa shape index (κ1) is 10.6. The molecule has 1 aromatic carbocycles. The van der Waals surface area contributed by atoms with Crippen molar-refractivity contribution in [3.63, 3.8) is 0 Å². The summed E-state index contributed by atoms with van der Waals surface area (Å²) in [5.74, 6) is 0.838. The average Bonchev–Trinajstić information content (AvgIpc) is 2.90. The first-order chi connectivity index (χ1) is 8.83. The molecule has 88 valence electrons. The fourth-order valence-corrected chi connectivity index (χ4v) is 1.61. The van der Waals surface area contributed by atoms with Crippen LogP contribution < -0.4 is 0 Å². The van der Waals surface area contributed by atoms with Crippen molar-refractivity contribution in [1.82, 2.24) is 20.2 Å². The molecule has 0 aliphatic carbocycles. The number of halogens is 1. The highest BCUT2D eigenvalue weighted by molar-refractivity contribution is 5.58. The Hall–Kier alpha value is -2.56. The van der Waals surface area contributed by atoms with E-state index in [2.05, 4.69) is 20.2 Å². The number of H-pyrrole nitrogens is 1. The molecule has 5 heteroatoms. The molecule has 0 fully saturated rings. The van der Waals surface area contributed by atoms with Gasteiger partial charge in [-0.25, -0.2) is 9.37 Å². The number of hydrogen-bond acceptors (Lipinski definition) is 3. The van der Waals surface area contributed by atoms with Gasteiger partial charge in [-0.3, -0.25) is 10.1 Å². The van der Waals surface area contributed by atoms with Gasteiger partial charge in [-0.15, -0.1) is 0 Å². The third kappa shape index (κ3) is 1.98. The Kier molecular flexibility index (Phi) is 2.57. The van der Waals surface area contributed by atoms with E-state index in [1.54, 1.807) is 18.3 Å². The molecule has 0 saturated heterocycles. The van der Waals surface area contributed by atoms with Gasteiger partial charge < -0.3 is 0 Å². The van der Waals surface area contributed by atoms with Crippen LogP contribution in [0.1, 0.15) is 0 Å². The molecule has 0 aliphatic rings. The van der Waals surface area contributed by atoms with Gasteiger partial charge in [-0.2, -0.15) is 5.10 Å². The number of aromatic amines is 1.